The highest BCUT2D eigenvalue weighted by molar-refractivity contribution is 6.30. The van der Waals surface area contributed by atoms with Crippen LogP contribution in [0.2, 0.25) is 5.02 Å². The average molecular weight is 276 g/mol. The second-order valence-corrected chi connectivity index (χ2v) is 4.17. The van der Waals surface area contributed by atoms with Gasteiger partial charge in [0.2, 0.25) is 0 Å². The Morgan fingerprint density at radius 3 is 2.67 bits per heavy atom. The third kappa shape index (κ3) is 2.95. The minimum Gasteiger partial charge on any atom is -0.481 e. The van der Waals surface area contributed by atoms with Gasteiger partial charge in [-0.2, -0.15) is 0 Å². The maximum Gasteiger partial charge on any atom is 0.311 e. The van der Waals surface area contributed by atoms with E-state index in [1.807, 2.05) is 0 Å². The lowest BCUT2D eigenvalue weighted by molar-refractivity contribution is -0.385. The lowest BCUT2D eigenvalue weighted by Crippen LogP contribution is -2.13. The van der Waals surface area contributed by atoms with Crippen LogP contribution in [0.4, 0.5) is 10.1 Å². The summed E-state index contributed by atoms with van der Waals surface area (Å²) in [4.78, 5) is 21.1. The molecule has 98 valence electrons. The van der Waals surface area contributed by atoms with Crippen LogP contribution in [-0.4, -0.2) is 16.0 Å². The molecule has 0 fully saturated rings. The van der Waals surface area contributed by atoms with Gasteiger partial charge in [0.15, 0.2) is 0 Å². The van der Waals surface area contributed by atoms with Crippen LogP contribution in [0.5, 0.6) is 0 Å². The van der Waals surface area contributed by atoms with E-state index in [0.29, 0.717) is 12.5 Å². The number of benzene rings is 1. The molecule has 1 aromatic carbocycles. The Bertz CT molecular complexity index is 492. The number of hydrogen-bond acceptors (Lipinski definition) is 3. The van der Waals surface area contributed by atoms with E-state index in [1.54, 1.807) is 6.92 Å². The van der Waals surface area contributed by atoms with Gasteiger partial charge in [-0.25, -0.2) is 4.39 Å². The molecule has 0 radical (unpaired) electrons. The molecule has 1 N–H and O–H groups in total. The molecule has 5 nitrogen and oxygen atoms in total. The molecule has 0 aliphatic carbocycles. The third-order valence-electron chi connectivity index (χ3n) is 2.52. The molecule has 0 bridgehead atoms. The van der Waals surface area contributed by atoms with Gasteiger partial charge in [-0.05, 0) is 12.5 Å². The molecule has 1 atom stereocenters. The fourth-order valence-corrected chi connectivity index (χ4v) is 1.86. The van der Waals surface area contributed by atoms with E-state index in [-0.39, 0.29) is 17.0 Å². The highest BCUT2D eigenvalue weighted by Gasteiger charge is 2.28. The minimum absolute atomic E-state index is 0.0687. The van der Waals surface area contributed by atoms with Gasteiger partial charge in [0.1, 0.15) is 5.82 Å². The number of halogens is 2. The van der Waals surface area contributed by atoms with Crippen LogP contribution in [0.3, 0.4) is 0 Å². The number of aliphatic carboxylic acids is 1. The van der Waals surface area contributed by atoms with E-state index < -0.39 is 28.3 Å². The molecule has 18 heavy (non-hydrogen) atoms. The Balaban J connectivity index is 3.40. The van der Waals surface area contributed by atoms with Gasteiger partial charge in [-0.3, -0.25) is 14.9 Å². The molecule has 0 heterocycles. The van der Waals surface area contributed by atoms with Gasteiger partial charge in [0.05, 0.1) is 21.9 Å². The monoisotopic (exact) mass is 275 g/mol. The third-order valence-corrected chi connectivity index (χ3v) is 2.81. The predicted molar refractivity (Wildman–Crippen MR) is 63.3 cm³/mol. The molecule has 0 amide bonds. The van der Waals surface area contributed by atoms with E-state index >= 15 is 0 Å². The molecule has 1 aromatic rings. The summed E-state index contributed by atoms with van der Waals surface area (Å²) in [5.74, 6) is -3.19. The van der Waals surface area contributed by atoms with Crippen molar-refractivity contribution in [3.63, 3.8) is 0 Å². The summed E-state index contributed by atoms with van der Waals surface area (Å²) in [5.41, 5.74) is -0.626. The van der Waals surface area contributed by atoms with Crippen LogP contribution in [0.25, 0.3) is 0 Å². The van der Waals surface area contributed by atoms with Gasteiger partial charge >= 0.3 is 5.97 Å². The first kappa shape index (κ1) is 14.4. The van der Waals surface area contributed by atoms with Gasteiger partial charge in [-0.1, -0.05) is 24.9 Å². The van der Waals surface area contributed by atoms with Crippen molar-refractivity contribution in [1.82, 2.24) is 0 Å². The van der Waals surface area contributed by atoms with Crippen LogP contribution in [0, 0.1) is 15.9 Å². The van der Waals surface area contributed by atoms with Crippen LogP contribution in [0.1, 0.15) is 31.2 Å². The highest BCUT2D eigenvalue weighted by Crippen LogP contribution is 2.34. The molecule has 0 aromatic heterocycles. The van der Waals surface area contributed by atoms with Crippen molar-refractivity contribution in [3.8, 4) is 0 Å². The van der Waals surface area contributed by atoms with Gasteiger partial charge in [0, 0.05) is 5.56 Å². The highest BCUT2D eigenvalue weighted by atomic mass is 35.5. The molecule has 0 saturated heterocycles. The number of nitrogens with zero attached hydrogens (tertiary/aromatic N) is 1. The molecule has 1 rings (SSSR count). The Morgan fingerprint density at radius 2 is 2.22 bits per heavy atom. The van der Waals surface area contributed by atoms with E-state index in [1.165, 1.54) is 0 Å². The van der Waals surface area contributed by atoms with Crippen LogP contribution < -0.4 is 0 Å². The number of rotatable bonds is 5. The van der Waals surface area contributed by atoms with E-state index in [0.717, 1.165) is 6.07 Å². The zero-order valence-electron chi connectivity index (χ0n) is 9.52. The maximum absolute atomic E-state index is 13.2. The van der Waals surface area contributed by atoms with Crippen LogP contribution in [0.15, 0.2) is 12.1 Å². The summed E-state index contributed by atoms with van der Waals surface area (Å²) < 4.78 is 13.2. The first-order valence-electron chi connectivity index (χ1n) is 5.24. The van der Waals surface area contributed by atoms with Crippen LogP contribution >= 0.6 is 11.6 Å². The van der Waals surface area contributed by atoms with Crippen molar-refractivity contribution >= 4 is 23.3 Å². The molecule has 0 aliphatic rings. The summed E-state index contributed by atoms with van der Waals surface area (Å²) >= 11 is 5.55. The zero-order chi connectivity index (χ0) is 13.9. The number of carbonyl (C=O) groups is 1. The molecule has 7 heteroatoms. The molecule has 0 spiro atoms. The largest absolute Gasteiger partial charge is 0.481 e. The van der Waals surface area contributed by atoms with E-state index in [4.69, 9.17) is 16.7 Å². The van der Waals surface area contributed by atoms with Crippen molar-refractivity contribution in [3.05, 3.63) is 38.7 Å². The SMILES string of the molecule is CCCC(C(=O)O)c1cc(Cl)c(F)cc1[N+](=O)[O-]. The van der Waals surface area contributed by atoms with E-state index in [2.05, 4.69) is 0 Å². The lowest BCUT2D eigenvalue weighted by atomic mass is 9.93. The molecular weight excluding hydrogens is 265 g/mol. The van der Waals surface area contributed by atoms with Crippen molar-refractivity contribution in [2.45, 2.75) is 25.7 Å². The second kappa shape index (κ2) is 5.77. The number of carboxylic acids is 1. The fraction of sp³-hybridized carbons (Fsp3) is 0.364. The lowest BCUT2D eigenvalue weighted by Gasteiger charge is -2.12. The summed E-state index contributed by atoms with van der Waals surface area (Å²) in [7, 11) is 0. The van der Waals surface area contributed by atoms with Gasteiger partial charge in [-0.15, -0.1) is 0 Å². The smallest absolute Gasteiger partial charge is 0.311 e. The normalized spacial score (nSPS) is 12.2. The number of hydrogen-bond donors (Lipinski definition) is 1. The quantitative estimate of drug-likeness (QED) is 0.660. The first-order chi connectivity index (χ1) is 8.38. The van der Waals surface area contributed by atoms with Gasteiger partial charge < -0.3 is 5.11 Å². The van der Waals surface area contributed by atoms with Gasteiger partial charge in [0.25, 0.3) is 5.69 Å². The summed E-state index contributed by atoms with van der Waals surface area (Å²) in [6, 6.07) is 1.67. The molecule has 0 saturated carbocycles. The maximum atomic E-state index is 13.2. The van der Waals surface area contributed by atoms with Crippen molar-refractivity contribution in [1.29, 1.82) is 0 Å². The Labute approximate surface area is 107 Å². The van der Waals surface area contributed by atoms with Crippen molar-refractivity contribution in [2.75, 3.05) is 0 Å². The Hall–Kier alpha value is -1.69. The van der Waals surface area contributed by atoms with Crippen molar-refractivity contribution < 1.29 is 19.2 Å². The Morgan fingerprint density at radius 1 is 1.61 bits per heavy atom. The fourth-order valence-electron chi connectivity index (χ4n) is 1.69. The zero-order valence-corrected chi connectivity index (χ0v) is 10.3. The second-order valence-electron chi connectivity index (χ2n) is 3.76. The topological polar surface area (TPSA) is 80.4 Å². The minimum atomic E-state index is -1.19. The number of carboxylic acid groups (broad SMARTS) is 1. The Kier molecular flexibility index (Phi) is 4.61. The first-order valence-corrected chi connectivity index (χ1v) is 5.62. The molecule has 0 aliphatic heterocycles. The van der Waals surface area contributed by atoms with Crippen molar-refractivity contribution in [2.24, 2.45) is 0 Å². The summed E-state index contributed by atoms with van der Waals surface area (Å²) in [5, 5.41) is 19.6. The van der Waals surface area contributed by atoms with Crippen LogP contribution in [-0.2, 0) is 4.79 Å². The standard InChI is InChI=1S/C11H11ClFNO4/c1-2-3-6(11(15)16)7-4-8(12)9(13)5-10(7)14(17)18/h4-6H,2-3H2,1H3,(H,15,16). The summed E-state index contributed by atoms with van der Waals surface area (Å²) in [6.45, 7) is 1.76. The molecule has 1 unspecified atom stereocenters. The predicted octanol–water partition coefficient (Wildman–Crippen LogP) is 3.36. The number of nitro groups is 1. The summed E-state index contributed by atoms with van der Waals surface area (Å²) in [6.07, 6.45) is 0.751. The number of nitro benzene ring substituents is 1. The van der Waals surface area contributed by atoms with E-state index in [9.17, 15) is 19.3 Å². The average Bonchev–Trinajstić information content (AvgIpc) is 2.28. The molecular formula is C11H11ClFNO4.